The summed E-state index contributed by atoms with van der Waals surface area (Å²) in [6, 6.07) is 5.45. The second-order valence-electron chi connectivity index (χ2n) is 4.40. The number of rotatable bonds is 2. The summed E-state index contributed by atoms with van der Waals surface area (Å²) >= 11 is 9.45. The van der Waals surface area contributed by atoms with Crippen molar-refractivity contribution in [3.8, 4) is 0 Å². The van der Waals surface area contributed by atoms with Gasteiger partial charge in [-0.1, -0.05) is 34.5 Å². The van der Waals surface area contributed by atoms with E-state index in [1.165, 1.54) is 0 Å². The van der Waals surface area contributed by atoms with Gasteiger partial charge in [-0.3, -0.25) is 14.9 Å². The molecule has 1 aliphatic rings. The fourth-order valence-corrected chi connectivity index (χ4v) is 3.12. The Bertz CT molecular complexity index is 504. The Balaban J connectivity index is 2.42. The molecule has 1 N–H and O–H groups in total. The van der Waals surface area contributed by atoms with Crippen molar-refractivity contribution in [2.45, 2.75) is 25.7 Å². The third-order valence-corrected chi connectivity index (χ3v) is 4.25. The van der Waals surface area contributed by atoms with Crippen molar-refractivity contribution >= 4 is 39.3 Å². The molecule has 5 heteroatoms. The molecule has 1 aromatic rings. The molecule has 18 heavy (non-hydrogen) atoms. The molecule has 2 rings (SSSR count). The highest BCUT2D eigenvalue weighted by Gasteiger charge is 2.36. The van der Waals surface area contributed by atoms with E-state index in [4.69, 9.17) is 11.6 Å². The molecule has 0 radical (unpaired) electrons. The van der Waals surface area contributed by atoms with Crippen molar-refractivity contribution in [2.24, 2.45) is 5.92 Å². The van der Waals surface area contributed by atoms with Gasteiger partial charge in [0.15, 0.2) is 0 Å². The van der Waals surface area contributed by atoms with E-state index in [1.54, 1.807) is 6.07 Å². The minimum atomic E-state index is -0.221. The Morgan fingerprint density at radius 3 is 2.83 bits per heavy atom. The first-order valence-corrected chi connectivity index (χ1v) is 6.98. The normalized spacial score (nSPS) is 23.9. The molecule has 1 saturated heterocycles. The minimum Gasteiger partial charge on any atom is -0.296 e. The van der Waals surface area contributed by atoms with Gasteiger partial charge in [-0.25, -0.2) is 0 Å². The lowest BCUT2D eigenvalue weighted by molar-refractivity contribution is -0.137. The molecule has 2 unspecified atom stereocenters. The van der Waals surface area contributed by atoms with E-state index >= 15 is 0 Å². The number of hydrogen-bond donors (Lipinski definition) is 1. The fourth-order valence-electron chi connectivity index (χ4n) is 2.40. The molecule has 3 nitrogen and oxygen atoms in total. The Morgan fingerprint density at radius 2 is 2.17 bits per heavy atom. The zero-order valence-corrected chi connectivity index (χ0v) is 12.2. The summed E-state index contributed by atoms with van der Waals surface area (Å²) in [7, 11) is 0. The van der Waals surface area contributed by atoms with Crippen LogP contribution in [0.5, 0.6) is 0 Å². The molecule has 96 valence electrons. The molecular formula is C13H13BrClNO2. The van der Waals surface area contributed by atoms with Crippen LogP contribution in [-0.2, 0) is 9.59 Å². The van der Waals surface area contributed by atoms with Gasteiger partial charge in [0.2, 0.25) is 11.8 Å². The first kappa shape index (κ1) is 13.6. The number of imide groups is 1. The molecular weight excluding hydrogens is 318 g/mol. The number of nitrogens with one attached hydrogen (secondary N) is 1. The maximum absolute atomic E-state index is 11.8. The molecule has 0 aliphatic carbocycles. The van der Waals surface area contributed by atoms with E-state index in [-0.39, 0.29) is 23.7 Å². The first-order chi connectivity index (χ1) is 8.52. The van der Waals surface area contributed by atoms with Crippen molar-refractivity contribution in [1.29, 1.82) is 0 Å². The second kappa shape index (κ2) is 5.41. The fraction of sp³-hybridized carbons (Fsp3) is 0.385. The van der Waals surface area contributed by atoms with Crippen molar-refractivity contribution < 1.29 is 9.59 Å². The van der Waals surface area contributed by atoms with Crippen molar-refractivity contribution in [2.75, 3.05) is 0 Å². The molecule has 1 aliphatic heterocycles. The Kier molecular flexibility index (Phi) is 4.07. The number of carbonyl (C=O) groups is 2. The van der Waals surface area contributed by atoms with Crippen molar-refractivity contribution in [1.82, 2.24) is 5.32 Å². The summed E-state index contributed by atoms with van der Waals surface area (Å²) in [5.41, 5.74) is 0.928. The van der Waals surface area contributed by atoms with Crippen molar-refractivity contribution in [3.63, 3.8) is 0 Å². The molecule has 1 aromatic carbocycles. The zero-order chi connectivity index (χ0) is 13.3. The SMILES string of the molecule is CCC1C(=O)NC(=O)CC1c1cc(Cl)ccc1Br. The quantitative estimate of drug-likeness (QED) is 0.846. The summed E-state index contributed by atoms with van der Waals surface area (Å²) in [5.74, 6) is -0.700. The molecule has 0 spiro atoms. The van der Waals surface area contributed by atoms with Gasteiger partial charge in [-0.05, 0) is 30.2 Å². The number of halogens is 2. The van der Waals surface area contributed by atoms with Crippen LogP contribution >= 0.6 is 27.5 Å². The smallest absolute Gasteiger partial charge is 0.230 e. The number of piperidine rings is 1. The van der Waals surface area contributed by atoms with E-state index in [9.17, 15) is 9.59 Å². The zero-order valence-electron chi connectivity index (χ0n) is 9.87. The van der Waals surface area contributed by atoms with Gasteiger partial charge < -0.3 is 0 Å². The molecule has 2 atom stereocenters. The summed E-state index contributed by atoms with van der Waals surface area (Å²) in [5, 5.41) is 3.00. The molecule has 1 heterocycles. The lowest BCUT2D eigenvalue weighted by atomic mass is 9.79. The van der Waals surface area contributed by atoms with Crippen LogP contribution in [-0.4, -0.2) is 11.8 Å². The molecule has 2 amide bonds. The summed E-state index contributed by atoms with van der Waals surface area (Å²) in [4.78, 5) is 23.4. The van der Waals surface area contributed by atoms with Gasteiger partial charge in [-0.15, -0.1) is 0 Å². The number of amides is 2. The van der Waals surface area contributed by atoms with Crippen LogP contribution in [0.4, 0.5) is 0 Å². The van der Waals surface area contributed by atoms with Gasteiger partial charge in [0.1, 0.15) is 0 Å². The third kappa shape index (κ3) is 2.59. The lowest BCUT2D eigenvalue weighted by Gasteiger charge is -2.30. The highest BCUT2D eigenvalue weighted by Crippen LogP contribution is 2.38. The largest absolute Gasteiger partial charge is 0.296 e. The molecule has 0 aromatic heterocycles. The van der Waals surface area contributed by atoms with E-state index in [2.05, 4.69) is 21.2 Å². The highest BCUT2D eigenvalue weighted by molar-refractivity contribution is 9.10. The molecule has 0 bridgehead atoms. The Labute approximate surface area is 119 Å². The van der Waals surface area contributed by atoms with Crippen LogP contribution in [0.2, 0.25) is 5.02 Å². The van der Waals surface area contributed by atoms with Crippen LogP contribution in [0.1, 0.15) is 31.2 Å². The first-order valence-electron chi connectivity index (χ1n) is 5.81. The topological polar surface area (TPSA) is 46.2 Å². The van der Waals surface area contributed by atoms with Crippen LogP contribution in [0.25, 0.3) is 0 Å². The number of carbonyl (C=O) groups excluding carboxylic acids is 2. The van der Waals surface area contributed by atoms with Gasteiger partial charge >= 0.3 is 0 Å². The monoisotopic (exact) mass is 329 g/mol. The lowest BCUT2D eigenvalue weighted by Crippen LogP contribution is -2.44. The average molecular weight is 331 g/mol. The minimum absolute atomic E-state index is 0.107. The molecule has 0 saturated carbocycles. The summed E-state index contributed by atoms with van der Waals surface area (Å²) < 4.78 is 0.887. The van der Waals surface area contributed by atoms with E-state index in [0.29, 0.717) is 17.9 Å². The van der Waals surface area contributed by atoms with Crippen LogP contribution < -0.4 is 5.32 Å². The number of hydrogen-bond acceptors (Lipinski definition) is 2. The Morgan fingerprint density at radius 1 is 1.44 bits per heavy atom. The van der Waals surface area contributed by atoms with Gasteiger partial charge in [0.05, 0.1) is 0 Å². The van der Waals surface area contributed by atoms with Crippen LogP contribution in [0, 0.1) is 5.92 Å². The number of benzene rings is 1. The summed E-state index contributed by atoms with van der Waals surface area (Å²) in [6.07, 6.45) is 1.02. The average Bonchev–Trinajstić information content (AvgIpc) is 2.31. The van der Waals surface area contributed by atoms with Crippen LogP contribution in [0.15, 0.2) is 22.7 Å². The predicted octanol–water partition coefficient (Wildman–Crippen LogP) is 3.26. The standard InChI is InChI=1S/C13H13BrClNO2/c1-2-8-9(6-12(17)16-13(8)18)10-5-7(15)3-4-11(10)14/h3-5,8-9H,2,6H2,1H3,(H,16,17,18). The molecule has 1 fully saturated rings. The maximum atomic E-state index is 11.8. The van der Waals surface area contributed by atoms with Gasteiger partial charge in [0.25, 0.3) is 0 Å². The predicted molar refractivity (Wildman–Crippen MR) is 73.4 cm³/mol. The van der Waals surface area contributed by atoms with Gasteiger partial charge in [-0.2, -0.15) is 0 Å². The Hall–Kier alpha value is -0.870. The summed E-state index contributed by atoms with van der Waals surface area (Å²) in [6.45, 7) is 1.95. The van der Waals surface area contributed by atoms with Gasteiger partial charge in [0, 0.05) is 27.8 Å². The van der Waals surface area contributed by atoms with Crippen LogP contribution in [0.3, 0.4) is 0 Å². The third-order valence-electron chi connectivity index (χ3n) is 3.29. The van der Waals surface area contributed by atoms with E-state index in [0.717, 1.165) is 10.0 Å². The second-order valence-corrected chi connectivity index (χ2v) is 5.69. The van der Waals surface area contributed by atoms with Crippen molar-refractivity contribution in [3.05, 3.63) is 33.3 Å². The van der Waals surface area contributed by atoms with E-state index < -0.39 is 0 Å². The van der Waals surface area contributed by atoms with E-state index in [1.807, 2.05) is 19.1 Å². The maximum Gasteiger partial charge on any atom is 0.230 e. The highest BCUT2D eigenvalue weighted by atomic mass is 79.9.